The van der Waals surface area contributed by atoms with Gasteiger partial charge >= 0.3 is 0 Å². The highest BCUT2D eigenvalue weighted by Crippen LogP contribution is 2.29. The van der Waals surface area contributed by atoms with Gasteiger partial charge in [0.25, 0.3) is 11.6 Å². The van der Waals surface area contributed by atoms with Crippen molar-refractivity contribution in [3.63, 3.8) is 0 Å². The highest BCUT2D eigenvalue weighted by atomic mass is 32.1. The summed E-state index contributed by atoms with van der Waals surface area (Å²) in [4.78, 5) is 22.6. The average molecular weight is 330 g/mol. The van der Waals surface area contributed by atoms with Crippen LogP contribution in [0.25, 0.3) is 11.0 Å². The highest BCUT2D eigenvalue weighted by Gasteiger charge is 2.15. The van der Waals surface area contributed by atoms with Gasteiger partial charge in [0.15, 0.2) is 0 Å². The molecule has 1 N–H and O–H groups in total. The van der Waals surface area contributed by atoms with Crippen LogP contribution in [0.2, 0.25) is 0 Å². The summed E-state index contributed by atoms with van der Waals surface area (Å²) in [5.74, 6) is -0.156. The third kappa shape index (κ3) is 2.94. The Labute approximate surface area is 134 Å². The minimum atomic E-state index is -0.530. The second kappa shape index (κ2) is 5.97. The first kappa shape index (κ1) is 14.9. The number of carbonyl (C=O) groups excluding carboxylic acids is 1. The first-order valence-corrected chi connectivity index (χ1v) is 7.17. The van der Waals surface area contributed by atoms with Gasteiger partial charge in [0, 0.05) is 11.6 Å². The highest BCUT2D eigenvalue weighted by molar-refractivity contribution is 7.00. The molecule has 8 nitrogen and oxygen atoms in total. The molecule has 1 heterocycles. The van der Waals surface area contributed by atoms with Crippen molar-refractivity contribution in [2.24, 2.45) is 0 Å². The van der Waals surface area contributed by atoms with Gasteiger partial charge in [0.2, 0.25) is 0 Å². The van der Waals surface area contributed by atoms with Crippen LogP contribution in [0.15, 0.2) is 36.4 Å². The summed E-state index contributed by atoms with van der Waals surface area (Å²) >= 11 is 1.07. The molecule has 0 aliphatic rings. The maximum atomic E-state index is 12.3. The number of nitrogens with one attached hydrogen (secondary N) is 1. The Balaban J connectivity index is 1.88. The molecule has 0 bridgehead atoms. The topological polar surface area (TPSA) is 107 Å². The molecule has 0 radical (unpaired) electrons. The number of aromatic nitrogens is 2. The Morgan fingerprint density at radius 3 is 2.74 bits per heavy atom. The third-order valence-corrected chi connectivity index (χ3v) is 3.72. The van der Waals surface area contributed by atoms with Crippen molar-refractivity contribution in [3.8, 4) is 5.75 Å². The lowest BCUT2D eigenvalue weighted by molar-refractivity contribution is -0.384. The number of anilines is 1. The van der Waals surface area contributed by atoms with Gasteiger partial charge in [-0.2, -0.15) is 8.75 Å². The molecule has 0 fully saturated rings. The minimum Gasteiger partial charge on any atom is -0.494 e. The maximum Gasteiger partial charge on any atom is 0.273 e. The lowest BCUT2D eigenvalue weighted by Gasteiger charge is -2.10. The molecule has 1 aromatic heterocycles. The fraction of sp³-hybridized carbons (Fsp3) is 0.0714. The second-order valence-electron chi connectivity index (χ2n) is 4.56. The van der Waals surface area contributed by atoms with Crippen LogP contribution in [0.3, 0.4) is 0 Å². The van der Waals surface area contributed by atoms with Crippen LogP contribution in [-0.4, -0.2) is 26.7 Å². The van der Waals surface area contributed by atoms with Crippen molar-refractivity contribution in [2.45, 2.75) is 0 Å². The molecule has 0 spiro atoms. The zero-order chi connectivity index (χ0) is 16.4. The van der Waals surface area contributed by atoms with E-state index in [2.05, 4.69) is 14.1 Å². The Hall–Kier alpha value is -3.07. The number of nitrogens with zero attached hydrogens (tertiary/aromatic N) is 3. The number of hydrogen-bond donors (Lipinski definition) is 1. The van der Waals surface area contributed by atoms with E-state index in [0.29, 0.717) is 16.8 Å². The predicted octanol–water partition coefficient (Wildman–Crippen LogP) is 2.86. The number of nitro groups is 1. The molecule has 0 aliphatic heterocycles. The molecule has 9 heteroatoms. The first-order chi connectivity index (χ1) is 11.1. The van der Waals surface area contributed by atoms with Gasteiger partial charge in [-0.3, -0.25) is 14.9 Å². The van der Waals surface area contributed by atoms with Gasteiger partial charge in [-0.25, -0.2) is 0 Å². The molecular weight excluding hydrogens is 320 g/mol. The van der Waals surface area contributed by atoms with Crippen LogP contribution in [-0.2, 0) is 0 Å². The molecule has 1 amide bonds. The monoisotopic (exact) mass is 330 g/mol. The summed E-state index contributed by atoms with van der Waals surface area (Å²) < 4.78 is 13.2. The Bertz CT molecular complexity index is 909. The molecule has 0 saturated carbocycles. The number of rotatable bonds is 4. The van der Waals surface area contributed by atoms with Gasteiger partial charge < -0.3 is 10.1 Å². The lowest BCUT2D eigenvalue weighted by Crippen LogP contribution is -2.12. The van der Waals surface area contributed by atoms with Crippen LogP contribution in [0, 0.1) is 10.1 Å². The number of nitro benzene ring substituents is 1. The zero-order valence-corrected chi connectivity index (χ0v) is 12.7. The van der Waals surface area contributed by atoms with E-state index in [-0.39, 0.29) is 17.3 Å². The Morgan fingerprint density at radius 1 is 1.22 bits per heavy atom. The fourth-order valence-electron chi connectivity index (χ4n) is 2.01. The van der Waals surface area contributed by atoms with Gasteiger partial charge in [0.05, 0.1) is 35.5 Å². The largest absolute Gasteiger partial charge is 0.494 e. The van der Waals surface area contributed by atoms with Crippen molar-refractivity contribution < 1.29 is 14.5 Å². The fourth-order valence-corrected chi connectivity index (χ4v) is 2.53. The zero-order valence-electron chi connectivity index (χ0n) is 11.8. The molecule has 0 saturated heterocycles. The molecule has 23 heavy (non-hydrogen) atoms. The van der Waals surface area contributed by atoms with E-state index in [1.807, 2.05) is 0 Å². The van der Waals surface area contributed by atoms with Crippen molar-refractivity contribution in [1.82, 2.24) is 8.75 Å². The third-order valence-electron chi connectivity index (χ3n) is 3.16. The summed E-state index contributed by atoms with van der Waals surface area (Å²) in [5, 5.41) is 13.4. The molecular formula is C14H10N4O4S. The quantitative estimate of drug-likeness (QED) is 0.582. The number of amides is 1. The minimum absolute atomic E-state index is 0.116. The summed E-state index contributed by atoms with van der Waals surface area (Å²) in [6.45, 7) is 0. The average Bonchev–Trinajstić information content (AvgIpc) is 3.02. The Kier molecular flexibility index (Phi) is 3.85. The molecule has 0 atom stereocenters. The standard InChI is InChI=1S/C14H10N4O4S/c1-22-13-7-9(18(20)21)3-5-11(13)15-14(19)8-2-4-10-12(6-8)17-23-16-10/h2-7H,1H3,(H,15,19). The number of benzene rings is 2. The summed E-state index contributed by atoms with van der Waals surface area (Å²) in [7, 11) is 1.38. The van der Waals surface area contributed by atoms with E-state index in [1.165, 1.54) is 25.3 Å². The molecule has 0 unspecified atom stereocenters. The van der Waals surface area contributed by atoms with E-state index in [0.717, 1.165) is 17.2 Å². The summed E-state index contributed by atoms with van der Waals surface area (Å²) in [5.41, 5.74) is 2.00. The number of fused-ring (bicyclic) bond motifs is 1. The number of non-ortho nitro benzene ring substituents is 1. The van der Waals surface area contributed by atoms with Crippen molar-refractivity contribution in [3.05, 3.63) is 52.1 Å². The summed E-state index contributed by atoms with van der Waals surface area (Å²) in [6, 6.07) is 8.95. The Morgan fingerprint density at radius 2 is 2.00 bits per heavy atom. The van der Waals surface area contributed by atoms with Gasteiger partial charge in [0.1, 0.15) is 16.8 Å². The first-order valence-electron chi connectivity index (χ1n) is 6.44. The van der Waals surface area contributed by atoms with Gasteiger partial charge in [-0.15, -0.1) is 0 Å². The van der Waals surface area contributed by atoms with Crippen LogP contribution >= 0.6 is 11.7 Å². The van der Waals surface area contributed by atoms with Gasteiger partial charge in [-0.05, 0) is 24.3 Å². The van der Waals surface area contributed by atoms with Crippen molar-refractivity contribution >= 4 is 40.0 Å². The number of methoxy groups -OCH3 is 1. The van der Waals surface area contributed by atoms with Crippen LogP contribution in [0.5, 0.6) is 5.75 Å². The van der Waals surface area contributed by atoms with E-state index in [4.69, 9.17) is 4.74 Å². The van der Waals surface area contributed by atoms with E-state index < -0.39 is 4.92 Å². The normalized spacial score (nSPS) is 10.5. The SMILES string of the molecule is COc1cc([N+](=O)[O-])ccc1NC(=O)c1ccc2nsnc2c1. The van der Waals surface area contributed by atoms with E-state index >= 15 is 0 Å². The van der Waals surface area contributed by atoms with Crippen LogP contribution < -0.4 is 10.1 Å². The molecule has 3 rings (SSSR count). The molecule has 3 aromatic rings. The van der Waals surface area contributed by atoms with E-state index in [1.54, 1.807) is 18.2 Å². The van der Waals surface area contributed by atoms with Crippen LogP contribution in [0.1, 0.15) is 10.4 Å². The second-order valence-corrected chi connectivity index (χ2v) is 5.09. The molecule has 0 aliphatic carbocycles. The van der Waals surface area contributed by atoms with Crippen molar-refractivity contribution in [2.75, 3.05) is 12.4 Å². The number of hydrogen-bond acceptors (Lipinski definition) is 7. The van der Waals surface area contributed by atoms with Gasteiger partial charge in [-0.1, -0.05) is 0 Å². The van der Waals surface area contributed by atoms with Crippen LogP contribution in [0.4, 0.5) is 11.4 Å². The lowest BCUT2D eigenvalue weighted by atomic mass is 10.1. The number of carbonyl (C=O) groups is 1. The molecule has 116 valence electrons. The molecule has 2 aromatic carbocycles. The predicted molar refractivity (Wildman–Crippen MR) is 85.0 cm³/mol. The van der Waals surface area contributed by atoms with Crippen molar-refractivity contribution in [1.29, 1.82) is 0 Å². The smallest absolute Gasteiger partial charge is 0.273 e. The number of ether oxygens (including phenoxy) is 1. The maximum absolute atomic E-state index is 12.3. The van der Waals surface area contributed by atoms with E-state index in [9.17, 15) is 14.9 Å². The summed E-state index contributed by atoms with van der Waals surface area (Å²) in [6.07, 6.45) is 0.